The molecule has 2 saturated carbocycles. The fraction of sp³-hybridized carbons (Fsp3) is 0.955. The maximum absolute atomic E-state index is 12.1. The number of carbonyl (C=O) groups is 1. The highest BCUT2D eigenvalue weighted by molar-refractivity contribution is 5.78. The summed E-state index contributed by atoms with van der Waals surface area (Å²) in [5.41, 5.74) is -0.0666. The second-order valence-corrected chi connectivity index (χ2v) is 9.23. The summed E-state index contributed by atoms with van der Waals surface area (Å²) in [6, 6.07) is 0. The van der Waals surface area contributed by atoms with Gasteiger partial charge in [-0.1, -0.05) is 27.2 Å². The zero-order valence-corrected chi connectivity index (χ0v) is 17.0. The molecule has 1 aliphatic heterocycles. The van der Waals surface area contributed by atoms with E-state index in [9.17, 15) is 9.90 Å². The van der Waals surface area contributed by atoms with E-state index in [1.54, 1.807) is 0 Å². The highest BCUT2D eigenvalue weighted by Crippen LogP contribution is 2.56. The Morgan fingerprint density at radius 3 is 2.46 bits per heavy atom. The molecular formula is C22H38O4. The molecule has 1 saturated heterocycles. The first kappa shape index (κ1) is 20.3. The third-order valence-corrected chi connectivity index (χ3v) is 7.98. The van der Waals surface area contributed by atoms with Crippen molar-refractivity contribution in [2.24, 2.45) is 29.1 Å². The monoisotopic (exact) mass is 366 g/mol. The van der Waals surface area contributed by atoms with Gasteiger partial charge in [-0.25, -0.2) is 0 Å². The van der Waals surface area contributed by atoms with Gasteiger partial charge in [-0.15, -0.1) is 0 Å². The first-order chi connectivity index (χ1) is 12.5. The van der Waals surface area contributed by atoms with Crippen molar-refractivity contribution >= 4 is 5.78 Å². The lowest BCUT2D eigenvalue weighted by molar-refractivity contribution is -0.221. The van der Waals surface area contributed by atoms with Gasteiger partial charge in [0, 0.05) is 32.3 Å². The molecule has 26 heavy (non-hydrogen) atoms. The molecule has 0 aromatic heterocycles. The van der Waals surface area contributed by atoms with Gasteiger partial charge in [-0.3, -0.25) is 4.79 Å². The number of Topliss-reactive ketones (excluding diaryl/α,β-unsaturated/α-hetero) is 1. The van der Waals surface area contributed by atoms with Crippen LogP contribution in [0.15, 0.2) is 0 Å². The van der Waals surface area contributed by atoms with E-state index < -0.39 is 5.79 Å². The third kappa shape index (κ3) is 3.74. The van der Waals surface area contributed by atoms with E-state index >= 15 is 0 Å². The van der Waals surface area contributed by atoms with E-state index in [0.29, 0.717) is 49.1 Å². The molecule has 4 heteroatoms. The van der Waals surface area contributed by atoms with Crippen molar-refractivity contribution < 1.29 is 19.4 Å². The third-order valence-electron chi connectivity index (χ3n) is 7.98. The minimum Gasteiger partial charge on any atom is -0.396 e. The van der Waals surface area contributed by atoms with Gasteiger partial charge in [-0.2, -0.15) is 0 Å². The fourth-order valence-corrected chi connectivity index (χ4v) is 6.36. The predicted molar refractivity (Wildman–Crippen MR) is 102 cm³/mol. The Bertz CT molecular complexity index is 485. The lowest BCUT2D eigenvalue weighted by Gasteiger charge is -2.54. The Balaban J connectivity index is 1.86. The second-order valence-electron chi connectivity index (χ2n) is 9.23. The second kappa shape index (κ2) is 8.28. The summed E-state index contributed by atoms with van der Waals surface area (Å²) in [4.78, 5) is 12.1. The molecular weight excluding hydrogens is 328 g/mol. The molecule has 0 aromatic rings. The van der Waals surface area contributed by atoms with Gasteiger partial charge >= 0.3 is 0 Å². The molecule has 0 unspecified atom stereocenters. The first-order valence-corrected chi connectivity index (χ1v) is 10.9. The summed E-state index contributed by atoms with van der Waals surface area (Å²) in [7, 11) is 0. The van der Waals surface area contributed by atoms with Crippen LogP contribution in [0, 0.1) is 29.1 Å². The molecule has 0 amide bonds. The zero-order chi connectivity index (χ0) is 18.8. The minimum absolute atomic E-state index is 0.0666. The zero-order valence-electron chi connectivity index (χ0n) is 17.0. The van der Waals surface area contributed by atoms with E-state index in [4.69, 9.17) is 9.47 Å². The molecule has 1 heterocycles. The van der Waals surface area contributed by atoms with Crippen molar-refractivity contribution in [2.75, 3.05) is 19.8 Å². The van der Waals surface area contributed by atoms with Gasteiger partial charge in [0.25, 0.3) is 0 Å². The van der Waals surface area contributed by atoms with Crippen LogP contribution in [0.1, 0.15) is 78.6 Å². The molecule has 4 nitrogen and oxygen atoms in total. The Morgan fingerprint density at radius 1 is 1.12 bits per heavy atom. The van der Waals surface area contributed by atoms with E-state index in [1.165, 1.54) is 0 Å². The number of carbonyl (C=O) groups excluding carboxylic acids is 1. The van der Waals surface area contributed by atoms with Crippen LogP contribution in [0.25, 0.3) is 0 Å². The Hall–Kier alpha value is -0.450. The maximum atomic E-state index is 12.1. The largest absolute Gasteiger partial charge is 0.396 e. The molecule has 1 N–H and O–H groups in total. The van der Waals surface area contributed by atoms with Gasteiger partial charge < -0.3 is 14.6 Å². The van der Waals surface area contributed by atoms with Gasteiger partial charge in [0.1, 0.15) is 5.78 Å². The summed E-state index contributed by atoms with van der Waals surface area (Å²) in [5.74, 6) is 1.98. The summed E-state index contributed by atoms with van der Waals surface area (Å²) in [5, 5.41) is 10.6. The molecule has 0 radical (unpaired) electrons. The van der Waals surface area contributed by atoms with Crippen LogP contribution in [0.3, 0.4) is 0 Å². The normalized spacial score (nSPS) is 41.6. The fourth-order valence-electron chi connectivity index (χ4n) is 6.36. The van der Waals surface area contributed by atoms with Crippen molar-refractivity contribution in [1.29, 1.82) is 0 Å². The quantitative estimate of drug-likeness (QED) is 0.807. The Kier molecular flexibility index (Phi) is 6.46. The molecule has 3 rings (SSSR count). The van der Waals surface area contributed by atoms with Gasteiger partial charge in [0.05, 0.1) is 13.2 Å². The molecule has 3 fully saturated rings. The highest BCUT2D eigenvalue weighted by atomic mass is 16.7. The van der Waals surface area contributed by atoms with E-state index in [2.05, 4.69) is 20.8 Å². The summed E-state index contributed by atoms with van der Waals surface area (Å²) in [6.07, 6.45) is 8.35. The van der Waals surface area contributed by atoms with Crippen molar-refractivity contribution in [3.05, 3.63) is 0 Å². The van der Waals surface area contributed by atoms with E-state index in [0.717, 1.165) is 51.4 Å². The van der Waals surface area contributed by atoms with Crippen molar-refractivity contribution in [1.82, 2.24) is 0 Å². The predicted octanol–water partition coefficient (Wildman–Crippen LogP) is 4.34. The van der Waals surface area contributed by atoms with Crippen molar-refractivity contribution in [2.45, 2.75) is 84.3 Å². The first-order valence-electron chi connectivity index (χ1n) is 10.9. The number of hydrogen-bond donors (Lipinski definition) is 1. The van der Waals surface area contributed by atoms with E-state index in [1.807, 2.05) is 0 Å². The molecule has 3 aliphatic rings. The molecule has 2 aliphatic carbocycles. The molecule has 5 atom stereocenters. The summed E-state index contributed by atoms with van der Waals surface area (Å²) in [6.45, 7) is 8.53. The minimum atomic E-state index is -0.403. The van der Waals surface area contributed by atoms with Crippen LogP contribution >= 0.6 is 0 Å². The Labute approximate surface area is 159 Å². The van der Waals surface area contributed by atoms with Crippen LogP contribution in [0.5, 0.6) is 0 Å². The number of hydrogen-bond acceptors (Lipinski definition) is 4. The van der Waals surface area contributed by atoms with Crippen LogP contribution in [-0.2, 0) is 14.3 Å². The van der Waals surface area contributed by atoms with Crippen LogP contribution < -0.4 is 0 Å². The highest BCUT2D eigenvalue weighted by Gasteiger charge is 2.54. The topological polar surface area (TPSA) is 55.8 Å². The number of ether oxygens (including phenoxy) is 2. The van der Waals surface area contributed by atoms with Gasteiger partial charge in [0.2, 0.25) is 0 Å². The van der Waals surface area contributed by atoms with Crippen LogP contribution in [-0.4, -0.2) is 36.5 Å². The average molecular weight is 367 g/mol. The number of aliphatic hydroxyl groups excluding tert-OH is 1. The van der Waals surface area contributed by atoms with Gasteiger partial charge in [0.15, 0.2) is 5.79 Å². The molecule has 1 spiro atoms. The van der Waals surface area contributed by atoms with Crippen molar-refractivity contribution in [3.8, 4) is 0 Å². The molecule has 0 aromatic carbocycles. The van der Waals surface area contributed by atoms with E-state index in [-0.39, 0.29) is 12.0 Å². The molecule has 150 valence electrons. The number of aliphatic hydroxyl groups is 1. The number of rotatable bonds is 3. The smallest absolute Gasteiger partial charge is 0.168 e. The van der Waals surface area contributed by atoms with Crippen molar-refractivity contribution in [3.63, 3.8) is 0 Å². The SMILES string of the molecule is CC[C@H]1[C@@H](C)CCC(=O)CCC[C@@H]1[C@@]1(CO)CCC2(C[C@@H]1C)OCCO2. The molecule has 0 bridgehead atoms. The lowest BCUT2D eigenvalue weighted by Crippen LogP contribution is -2.52. The average Bonchev–Trinajstić information content (AvgIpc) is 3.09. The standard InChI is InChI=1S/C22H38O4/c1-4-19-16(2)8-9-18(24)6-5-7-20(19)21(15-23)10-11-22(14-17(21)3)25-12-13-26-22/h16-17,19-20,23H,4-15H2,1-3H3/t16-,17-,19-,20-,21+/m0/s1. The van der Waals surface area contributed by atoms with Gasteiger partial charge in [-0.05, 0) is 54.8 Å². The number of ketones is 1. The summed E-state index contributed by atoms with van der Waals surface area (Å²) < 4.78 is 12.0. The Morgan fingerprint density at radius 2 is 1.85 bits per heavy atom. The lowest BCUT2D eigenvalue weighted by atomic mass is 9.54. The van der Waals surface area contributed by atoms with Crippen LogP contribution in [0.2, 0.25) is 0 Å². The maximum Gasteiger partial charge on any atom is 0.168 e. The van der Waals surface area contributed by atoms with Crippen LogP contribution in [0.4, 0.5) is 0 Å². The summed E-state index contributed by atoms with van der Waals surface area (Å²) >= 11 is 0.